The number of rotatable bonds is 4. The minimum atomic E-state index is 0.675. The van der Waals surface area contributed by atoms with Crippen LogP contribution in [0.15, 0.2) is 24.3 Å². The van der Waals surface area contributed by atoms with Crippen molar-refractivity contribution in [3.05, 3.63) is 40.4 Å². The summed E-state index contributed by atoms with van der Waals surface area (Å²) in [5.74, 6) is 1.01. The normalized spacial score (nSPS) is 10.7. The van der Waals surface area contributed by atoms with Gasteiger partial charge < -0.3 is 0 Å². The van der Waals surface area contributed by atoms with E-state index in [-0.39, 0.29) is 0 Å². The molecule has 1 N–H and O–H groups in total. The molecule has 0 aliphatic rings. The maximum Gasteiger partial charge on any atom is 0.199 e. The predicted molar refractivity (Wildman–Crippen MR) is 72.1 cm³/mol. The van der Waals surface area contributed by atoms with Crippen molar-refractivity contribution < 1.29 is 0 Å². The Morgan fingerprint density at radius 2 is 2.06 bits per heavy atom. The van der Waals surface area contributed by atoms with Crippen LogP contribution in [0.25, 0.3) is 5.69 Å². The summed E-state index contributed by atoms with van der Waals surface area (Å²) in [6.07, 6.45) is 2.99. The first kappa shape index (κ1) is 12.0. The molecule has 0 aliphatic carbocycles. The van der Waals surface area contributed by atoms with Crippen molar-refractivity contribution >= 4 is 12.2 Å². The first-order valence-corrected chi connectivity index (χ1v) is 6.43. The largest absolute Gasteiger partial charge is 0.272 e. The van der Waals surface area contributed by atoms with Gasteiger partial charge in [0, 0.05) is 6.42 Å². The van der Waals surface area contributed by atoms with Gasteiger partial charge in [-0.1, -0.05) is 32.0 Å². The lowest BCUT2D eigenvalue weighted by Crippen LogP contribution is -2.04. The maximum atomic E-state index is 5.32. The van der Waals surface area contributed by atoms with Gasteiger partial charge in [0.1, 0.15) is 5.82 Å². The molecule has 0 bridgehead atoms. The van der Waals surface area contributed by atoms with Crippen LogP contribution >= 0.6 is 12.2 Å². The molecule has 0 amide bonds. The Labute approximate surface area is 106 Å². The molecule has 0 radical (unpaired) electrons. The second kappa shape index (κ2) is 5.27. The average molecular weight is 247 g/mol. The summed E-state index contributed by atoms with van der Waals surface area (Å²) in [5, 5.41) is 7.19. The molecule has 0 spiro atoms. The highest BCUT2D eigenvalue weighted by atomic mass is 32.1. The van der Waals surface area contributed by atoms with Crippen molar-refractivity contribution in [2.75, 3.05) is 0 Å². The third kappa shape index (κ3) is 2.31. The number of para-hydroxylation sites is 1. The molecule has 0 saturated heterocycles. The standard InChI is InChI=1S/C13H17N3S/c1-3-7-12-14-15-13(17)16(12)11-9-6-5-8-10(11)4-2/h5-6,8-9H,3-4,7H2,1-2H3,(H,15,17). The van der Waals surface area contributed by atoms with Crippen molar-refractivity contribution in [3.8, 4) is 5.69 Å². The van der Waals surface area contributed by atoms with Gasteiger partial charge in [-0.05, 0) is 36.7 Å². The van der Waals surface area contributed by atoms with E-state index in [1.807, 2.05) is 6.07 Å². The molecule has 0 fully saturated rings. The number of hydrogen-bond donors (Lipinski definition) is 1. The molecule has 0 atom stereocenters. The maximum absolute atomic E-state index is 5.32. The lowest BCUT2D eigenvalue weighted by molar-refractivity contribution is 0.797. The Balaban J connectivity index is 2.59. The Bertz CT molecular complexity index is 554. The monoisotopic (exact) mass is 247 g/mol. The van der Waals surface area contributed by atoms with Crippen LogP contribution in [0, 0.1) is 4.77 Å². The third-order valence-electron chi connectivity index (χ3n) is 2.83. The Kier molecular flexibility index (Phi) is 3.74. The fourth-order valence-electron chi connectivity index (χ4n) is 2.00. The van der Waals surface area contributed by atoms with E-state index < -0.39 is 0 Å². The summed E-state index contributed by atoms with van der Waals surface area (Å²) in [6, 6.07) is 8.34. The number of H-pyrrole nitrogens is 1. The number of nitrogens with zero attached hydrogens (tertiary/aromatic N) is 2. The van der Waals surface area contributed by atoms with Gasteiger partial charge in [0.15, 0.2) is 4.77 Å². The molecule has 3 nitrogen and oxygen atoms in total. The lowest BCUT2D eigenvalue weighted by Gasteiger charge is -2.10. The van der Waals surface area contributed by atoms with Crippen LogP contribution in [0.2, 0.25) is 0 Å². The first-order chi connectivity index (χ1) is 8.27. The van der Waals surface area contributed by atoms with E-state index in [4.69, 9.17) is 12.2 Å². The van der Waals surface area contributed by atoms with E-state index in [2.05, 4.69) is 46.8 Å². The molecule has 2 rings (SSSR count). The zero-order chi connectivity index (χ0) is 12.3. The Morgan fingerprint density at radius 1 is 1.29 bits per heavy atom. The van der Waals surface area contributed by atoms with Crippen LogP contribution in [-0.2, 0) is 12.8 Å². The second-order valence-electron chi connectivity index (χ2n) is 4.01. The smallest absolute Gasteiger partial charge is 0.199 e. The van der Waals surface area contributed by atoms with Gasteiger partial charge in [0.05, 0.1) is 5.69 Å². The topological polar surface area (TPSA) is 33.6 Å². The van der Waals surface area contributed by atoms with Crippen LogP contribution in [-0.4, -0.2) is 14.8 Å². The van der Waals surface area contributed by atoms with Gasteiger partial charge in [-0.15, -0.1) is 0 Å². The summed E-state index contributed by atoms with van der Waals surface area (Å²) in [7, 11) is 0. The van der Waals surface area contributed by atoms with E-state index in [1.54, 1.807) is 0 Å². The van der Waals surface area contributed by atoms with Crippen molar-refractivity contribution in [2.24, 2.45) is 0 Å². The molecular weight excluding hydrogens is 230 g/mol. The van der Waals surface area contributed by atoms with Crippen LogP contribution in [0.1, 0.15) is 31.7 Å². The van der Waals surface area contributed by atoms with Crippen LogP contribution in [0.3, 0.4) is 0 Å². The highest BCUT2D eigenvalue weighted by molar-refractivity contribution is 7.71. The molecule has 1 aromatic carbocycles. The summed E-state index contributed by atoms with van der Waals surface area (Å²) in [6.45, 7) is 4.30. The molecule has 1 heterocycles. The molecule has 0 saturated carbocycles. The molecular formula is C13H17N3S. The van der Waals surface area contributed by atoms with Gasteiger partial charge >= 0.3 is 0 Å². The zero-order valence-corrected chi connectivity index (χ0v) is 11.0. The van der Waals surface area contributed by atoms with E-state index >= 15 is 0 Å². The number of hydrogen-bond acceptors (Lipinski definition) is 2. The quantitative estimate of drug-likeness (QED) is 0.840. The predicted octanol–water partition coefficient (Wildman–Crippen LogP) is 3.44. The lowest BCUT2D eigenvalue weighted by atomic mass is 10.1. The summed E-state index contributed by atoms with van der Waals surface area (Å²) >= 11 is 5.32. The average Bonchev–Trinajstić information content (AvgIpc) is 2.71. The van der Waals surface area contributed by atoms with Crippen LogP contribution in [0.5, 0.6) is 0 Å². The van der Waals surface area contributed by atoms with E-state index in [0.717, 1.165) is 30.8 Å². The van der Waals surface area contributed by atoms with Gasteiger partial charge in [0.25, 0.3) is 0 Å². The third-order valence-corrected chi connectivity index (χ3v) is 3.10. The minimum Gasteiger partial charge on any atom is -0.272 e. The molecule has 4 heteroatoms. The number of aryl methyl sites for hydroxylation is 2. The van der Waals surface area contributed by atoms with E-state index in [0.29, 0.717) is 4.77 Å². The van der Waals surface area contributed by atoms with Crippen molar-refractivity contribution in [3.63, 3.8) is 0 Å². The summed E-state index contributed by atoms with van der Waals surface area (Å²) in [5.41, 5.74) is 2.44. The molecule has 1 aromatic heterocycles. The van der Waals surface area contributed by atoms with Crippen molar-refractivity contribution in [1.82, 2.24) is 14.8 Å². The minimum absolute atomic E-state index is 0.675. The fourth-order valence-corrected chi connectivity index (χ4v) is 2.25. The SMILES string of the molecule is CCCc1n[nH]c(=S)n1-c1ccccc1CC. The number of benzene rings is 1. The number of aromatic amines is 1. The molecule has 90 valence electrons. The second-order valence-corrected chi connectivity index (χ2v) is 4.40. The number of nitrogens with one attached hydrogen (secondary N) is 1. The van der Waals surface area contributed by atoms with Crippen LogP contribution < -0.4 is 0 Å². The molecule has 2 aromatic rings. The summed E-state index contributed by atoms with van der Waals surface area (Å²) < 4.78 is 2.73. The van der Waals surface area contributed by atoms with Crippen LogP contribution in [0.4, 0.5) is 0 Å². The highest BCUT2D eigenvalue weighted by Crippen LogP contribution is 2.17. The Hall–Kier alpha value is -1.42. The fraction of sp³-hybridized carbons (Fsp3) is 0.385. The Morgan fingerprint density at radius 3 is 2.76 bits per heavy atom. The highest BCUT2D eigenvalue weighted by Gasteiger charge is 2.09. The molecule has 0 unspecified atom stereocenters. The van der Waals surface area contributed by atoms with Crippen molar-refractivity contribution in [1.29, 1.82) is 0 Å². The first-order valence-electron chi connectivity index (χ1n) is 6.02. The number of aromatic nitrogens is 3. The molecule has 17 heavy (non-hydrogen) atoms. The molecule has 0 aliphatic heterocycles. The van der Waals surface area contributed by atoms with Gasteiger partial charge in [-0.2, -0.15) is 5.10 Å². The van der Waals surface area contributed by atoms with Gasteiger partial charge in [0.2, 0.25) is 0 Å². The van der Waals surface area contributed by atoms with Crippen molar-refractivity contribution in [2.45, 2.75) is 33.1 Å². The van der Waals surface area contributed by atoms with E-state index in [1.165, 1.54) is 5.56 Å². The summed E-state index contributed by atoms with van der Waals surface area (Å²) in [4.78, 5) is 0. The van der Waals surface area contributed by atoms with Gasteiger partial charge in [-0.3, -0.25) is 9.67 Å². The van der Waals surface area contributed by atoms with E-state index in [9.17, 15) is 0 Å². The zero-order valence-electron chi connectivity index (χ0n) is 10.2. The van der Waals surface area contributed by atoms with Gasteiger partial charge in [-0.25, -0.2) is 0 Å².